The summed E-state index contributed by atoms with van der Waals surface area (Å²) in [5.41, 5.74) is 1.18. The van der Waals surface area contributed by atoms with Crippen molar-refractivity contribution in [2.45, 2.75) is 46.3 Å². The van der Waals surface area contributed by atoms with Crippen LogP contribution in [0, 0.1) is 11.7 Å². The molecule has 0 fully saturated rings. The lowest BCUT2D eigenvalue weighted by atomic mass is 10.2. The quantitative estimate of drug-likeness (QED) is 0.619. The number of ether oxygens (including phenoxy) is 1. The minimum absolute atomic E-state index is 0.433. The van der Waals surface area contributed by atoms with E-state index in [1.807, 2.05) is 35.8 Å². The maximum Gasteiger partial charge on any atom is 0.195 e. The Balaban J connectivity index is 2.00. The Hall–Kier alpha value is -1.62. The number of hydrogen-bond acceptors (Lipinski definition) is 3. The summed E-state index contributed by atoms with van der Waals surface area (Å²) < 4.78 is 8.48. The van der Waals surface area contributed by atoms with Gasteiger partial charge in [-0.1, -0.05) is 31.9 Å². The van der Waals surface area contributed by atoms with Gasteiger partial charge in [0.2, 0.25) is 0 Å². The number of unbranched alkanes of at least 4 members (excludes halogenated alkanes) is 2. The van der Waals surface area contributed by atoms with Crippen molar-refractivity contribution in [1.29, 1.82) is 0 Å². The van der Waals surface area contributed by atoms with Crippen LogP contribution < -0.4 is 4.74 Å². The first-order valence-corrected chi connectivity index (χ1v) is 7.45. The normalized spacial score (nSPS) is 10.7. The predicted molar refractivity (Wildman–Crippen MR) is 82.4 cm³/mol. The monoisotopic (exact) mass is 291 g/mol. The zero-order valence-corrected chi connectivity index (χ0v) is 12.9. The third-order valence-corrected chi connectivity index (χ3v) is 3.49. The fourth-order valence-electron chi connectivity index (χ4n) is 2.06. The molecule has 2 aromatic rings. The van der Waals surface area contributed by atoms with Gasteiger partial charge in [-0.15, -0.1) is 0 Å². The summed E-state index contributed by atoms with van der Waals surface area (Å²) >= 11 is 5.26. The van der Waals surface area contributed by atoms with Gasteiger partial charge < -0.3 is 9.30 Å². The highest BCUT2D eigenvalue weighted by molar-refractivity contribution is 7.71. The summed E-state index contributed by atoms with van der Waals surface area (Å²) in [5.74, 6) is 1.71. The highest BCUT2D eigenvalue weighted by Crippen LogP contribution is 2.14. The van der Waals surface area contributed by atoms with Gasteiger partial charge in [0.1, 0.15) is 12.4 Å². The number of nitrogens with one attached hydrogen (secondary N) is 1. The topological polar surface area (TPSA) is 42.8 Å². The Morgan fingerprint density at radius 1 is 1.35 bits per heavy atom. The smallest absolute Gasteiger partial charge is 0.195 e. The number of hydrogen-bond donors (Lipinski definition) is 1. The third kappa shape index (κ3) is 3.93. The minimum atomic E-state index is 0.433. The number of aromatic nitrogens is 3. The number of benzene rings is 1. The van der Waals surface area contributed by atoms with Crippen molar-refractivity contribution < 1.29 is 4.74 Å². The largest absolute Gasteiger partial charge is 0.486 e. The number of rotatable bonds is 7. The minimum Gasteiger partial charge on any atom is -0.486 e. The standard InChI is InChI=1S/C15H21N3OS/c1-3-4-5-9-18-14(16-17-15(18)20)11-19-13-8-6-7-12(2)10-13/h6-8,10H,3-5,9,11H2,1-2H3,(H,17,20). The Labute approximate surface area is 124 Å². The highest BCUT2D eigenvalue weighted by Gasteiger charge is 2.06. The van der Waals surface area contributed by atoms with E-state index in [0.29, 0.717) is 11.4 Å². The Bertz CT molecular complexity index is 603. The highest BCUT2D eigenvalue weighted by atomic mass is 32.1. The van der Waals surface area contributed by atoms with Crippen LogP contribution in [0.2, 0.25) is 0 Å². The molecular formula is C15H21N3OS. The first-order valence-electron chi connectivity index (χ1n) is 7.04. The molecule has 2 rings (SSSR count). The lowest BCUT2D eigenvalue weighted by Gasteiger charge is -2.08. The van der Waals surface area contributed by atoms with Crippen LogP contribution in [0.1, 0.15) is 37.6 Å². The Kier molecular flexibility index (Phi) is 5.35. The van der Waals surface area contributed by atoms with Gasteiger partial charge in [0, 0.05) is 6.54 Å². The van der Waals surface area contributed by atoms with Crippen LogP contribution in [0.4, 0.5) is 0 Å². The fourth-order valence-corrected chi connectivity index (χ4v) is 2.31. The summed E-state index contributed by atoms with van der Waals surface area (Å²) in [6.07, 6.45) is 3.51. The summed E-state index contributed by atoms with van der Waals surface area (Å²) in [4.78, 5) is 0. The molecule has 1 heterocycles. The van der Waals surface area contributed by atoms with Crippen molar-refractivity contribution in [1.82, 2.24) is 14.8 Å². The van der Waals surface area contributed by atoms with Crippen molar-refractivity contribution in [3.05, 3.63) is 40.4 Å². The van der Waals surface area contributed by atoms with E-state index in [1.54, 1.807) is 0 Å². The van der Waals surface area contributed by atoms with Gasteiger partial charge in [0.05, 0.1) is 0 Å². The van der Waals surface area contributed by atoms with Crippen LogP contribution >= 0.6 is 12.2 Å². The lowest BCUT2D eigenvalue weighted by Crippen LogP contribution is -2.08. The molecule has 1 N–H and O–H groups in total. The van der Waals surface area contributed by atoms with Gasteiger partial charge in [-0.3, -0.25) is 5.10 Å². The zero-order chi connectivity index (χ0) is 14.4. The number of aromatic amines is 1. The summed E-state index contributed by atoms with van der Waals surface area (Å²) in [6.45, 7) is 5.57. The second-order valence-corrected chi connectivity index (χ2v) is 5.30. The molecule has 0 bridgehead atoms. The molecule has 0 aliphatic rings. The molecule has 5 heteroatoms. The molecule has 0 aliphatic carbocycles. The molecule has 1 aromatic carbocycles. The number of nitrogens with zero attached hydrogens (tertiary/aromatic N) is 2. The molecule has 0 amide bonds. The van der Waals surface area contributed by atoms with Crippen LogP contribution in [0.15, 0.2) is 24.3 Å². The van der Waals surface area contributed by atoms with E-state index in [-0.39, 0.29) is 0 Å². The summed E-state index contributed by atoms with van der Waals surface area (Å²) in [6, 6.07) is 8.01. The molecule has 0 saturated heterocycles. The number of aryl methyl sites for hydroxylation is 1. The van der Waals surface area contributed by atoms with Crippen LogP contribution in [0.25, 0.3) is 0 Å². The van der Waals surface area contributed by atoms with E-state index in [1.165, 1.54) is 18.4 Å². The molecule has 0 radical (unpaired) electrons. The molecular weight excluding hydrogens is 270 g/mol. The van der Waals surface area contributed by atoms with E-state index < -0.39 is 0 Å². The fraction of sp³-hybridized carbons (Fsp3) is 0.467. The first-order chi connectivity index (χ1) is 9.70. The molecule has 1 aromatic heterocycles. The van der Waals surface area contributed by atoms with Crippen LogP contribution in [0.3, 0.4) is 0 Å². The van der Waals surface area contributed by atoms with E-state index >= 15 is 0 Å². The van der Waals surface area contributed by atoms with E-state index in [9.17, 15) is 0 Å². The summed E-state index contributed by atoms with van der Waals surface area (Å²) in [7, 11) is 0. The number of H-pyrrole nitrogens is 1. The van der Waals surface area contributed by atoms with Gasteiger partial charge in [0.25, 0.3) is 0 Å². The molecule has 20 heavy (non-hydrogen) atoms. The van der Waals surface area contributed by atoms with Crippen LogP contribution in [-0.2, 0) is 13.2 Å². The van der Waals surface area contributed by atoms with Crippen molar-refractivity contribution in [3.63, 3.8) is 0 Å². The molecule has 0 atom stereocenters. The Morgan fingerprint density at radius 2 is 2.20 bits per heavy atom. The van der Waals surface area contributed by atoms with E-state index in [0.717, 1.165) is 24.5 Å². The molecule has 0 saturated carbocycles. The average Bonchev–Trinajstić information content (AvgIpc) is 2.78. The van der Waals surface area contributed by atoms with Crippen LogP contribution in [0.5, 0.6) is 5.75 Å². The van der Waals surface area contributed by atoms with E-state index in [2.05, 4.69) is 17.1 Å². The van der Waals surface area contributed by atoms with Gasteiger partial charge in [-0.2, -0.15) is 5.10 Å². The molecule has 0 spiro atoms. The maximum absolute atomic E-state index is 5.78. The van der Waals surface area contributed by atoms with Crippen molar-refractivity contribution >= 4 is 12.2 Å². The van der Waals surface area contributed by atoms with Gasteiger partial charge in [-0.05, 0) is 43.3 Å². The lowest BCUT2D eigenvalue weighted by molar-refractivity contribution is 0.288. The maximum atomic E-state index is 5.78. The van der Waals surface area contributed by atoms with Crippen molar-refractivity contribution in [2.75, 3.05) is 0 Å². The Morgan fingerprint density at radius 3 is 2.95 bits per heavy atom. The SMILES string of the molecule is CCCCCn1c(COc2cccc(C)c2)n[nH]c1=S. The molecule has 0 aliphatic heterocycles. The third-order valence-electron chi connectivity index (χ3n) is 3.18. The zero-order valence-electron chi connectivity index (χ0n) is 12.1. The second-order valence-electron chi connectivity index (χ2n) is 4.91. The molecule has 0 unspecified atom stereocenters. The van der Waals surface area contributed by atoms with Crippen LogP contribution in [-0.4, -0.2) is 14.8 Å². The van der Waals surface area contributed by atoms with Gasteiger partial charge >= 0.3 is 0 Å². The average molecular weight is 291 g/mol. The molecule has 108 valence electrons. The summed E-state index contributed by atoms with van der Waals surface area (Å²) in [5, 5.41) is 7.10. The second kappa shape index (κ2) is 7.24. The van der Waals surface area contributed by atoms with Crippen molar-refractivity contribution in [2.24, 2.45) is 0 Å². The molecule has 4 nitrogen and oxygen atoms in total. The van der Waals surface area contributed by atoms with Gasteiger partial charge in [-0.25, -0.2) is 0 Å². The van der Waals surface area contributed by atoms with Gasteiger partial charge in [0.15, 0.2) is 10.6 Å². The van der Waals surface area contributed by atoms with Crippen molar-refractivity contribution in [3.8, 4) is 5.75 Å². The first kappa shape index (κ1) is 14.8. The van der Waals surface area contributed by atoms with E-state index in [4.69, 9.17) is 17.0 Å². The predicted octanol–water partition coefficient (Wildman–Crippen LogP) is 4.02.